The maximum absolute atomic E-state index is 5.81. The topological polar surface area (TPSA) is 18.5 Å². The average molecular weight is 229 g/mol. The second kappa shape index (κ2) is 5.26. The molecule has 1 aromatic carbocycles. The number of hydrogen-bond donors (Lipinski definition) is 0. The summed E-state index contributed by atoms with van der Waals surface area (Å²) in [4.78, 5) is 0. The molecule has 2 nitrogen and oxygen atoms in total. The van der Waals surface area contributed by atoms with Gasteiger partial charge in [0.05, 0.1) is 14.2 Å². The molecule has 0 spiro atoms. The van der Waals surface area contributed by atoms with E-state index in [0.717, 1.165) is 22.6 Å². The number of benzene rings is 1. The van der Waals surface area contributed by atoms with Gasteiger partial charge in [-0.15, -0.1) is 11.6 Å². The van der Waals surface area contributed by atoms with Gasteiger partial charge in [0.2, 0.25) is 0 Å². The Morgan fingerprint density at radius 2 is 1.60 bits per heavy atom. The van der Waals surface area contributed by atoms with Gasteiger partial charge in [-0.3, -0.25) is 0 Å². The molecule has 0 aliphatic rings. The Balaban J connectivity index is 3.32. The summed E-state index contributed by atoms with van der Waals surface area (Å²) in [6.07, 6.45) is 0. The summed E-state index contributed by atoms with van der Waals surface area (Å²) in [6, 6.07) is 3.93. The first-order valence-electron chi connectivity index (χ1n) is 4.94. The van der Waals surface area contributed by atoms with Crippen molar-refractivity contribution in [2.45, 2.75) is 25.6 Å². The second-order valence-electron chi connectivity index (χ2n) is 3.70. The smallest absolute Gasteiger partial charge is 0.126 e. The quantitative estimate of drug-likeness (QED) is 0.734. The van der Waals surface area contributed by atoms with Crippen molar-refractivity contribution in [3.05, 3.63) is 23.3 Å². The van der Waals surface area contributed by atoms with Crippen LogP contribution in [0.1, 0.15) is 30.9 Å². The zero-order valence-corrected chi connectivity index (χ0v) is 10.4. The molecule has 84 valence electrons. The number of alkyl halides is 1. The molecule has 1 aromatic rings. The highest BCUT2D eigenvalue weighted by Gasteiger charge is 2.15. The summed E-state index contributed by atoms with van der Waals surface area (Å²) >= 11 is 5.81. The zero-order chi connectivity index (χ0) is 11.4. The molecule has 0 atom stereocenters. The number of halogens is 1. The lowest BCUT2D eigenvalue weighted by atomic mass is 9.99. The van der Waals surface area contributed by atoms with Gasteiger partial charge in [-0.1, -0.05) is 13.8 Å². The normalized spacial score (nSPS) is 10.5. The third-order valence-electron chi connectivity index (χ3n) is 2.34. The molecule has 0 saturated heterocycles. The van der Waals surface area contributed by atoms with Gasteiger partial charge in [0.25, 0.3) is 0 Å². The summed E-state index contributed by atoms with van der Waals surface area (Å²) in [5.74, 6) is 2.52. The van der Waals surface area contributed by atoms with Gasteiger partial charge in [-0.2, -0.15) is 0 Å². The molecule has 3 heteroatoms. The van der Waals surface area contributed by atoms with E-state index in [1.807, 2.05) is 12.1 Å². The molecule has 0 radical (unpaired) electrons. The fraction of sp³-hybridized carbons (Fsp3) is 0.500. The Kier molecular flexibility index (Phi) is 4.28. The summed E-state index contributed by atoms with van der Waals surface area (Å²) in [5, 5.41) is 0. The fourth-order valence-electron chi connectivity index (χ4n) is 1.64. The number of methoxy groups -OCH3 is 2. The zero-order valence-electron chi connectivity index (χ0n) is 9.63. The van der Waals surface area contributed by atoms with Gasteiger partial charge in [0, 0.05) is 11.4 Å². The van der Waals surface area contributed by atoms with Crippen LogP contribution < -0.4 is 9.47 Å². The van der Waals surface area contributed by atoms with Crippen LogP contribution in [0.25, 0.3) is 0 Å². The molecule has 0 bridgehead atoms. The van der Waals surface area contributed by atoms with Crippen molar-refractivity contribution >= 4 is 11.6 Å². The van der Waals surface area contributed by atoms with Gasteiger partial charge < -0.3 is 9.47 Å². The molecule has 0 fully saturated rings. The molecular weight excluding hydrogens is 212 g/mol. The largest absolute Gasteiger partial charge is 0.496 e. The molecule has 0 unspecified atom stereocenters. The lowest BCUT2D eigenvalue weighted by Crippen LogP contribution is -2.00. The van der Waals surface area contributed by atoms with Gasteiger partial charge in [0.15, 0.2) is 0 Å². The SMILES string of the molecule is COc1cc(CCl)cc(OC)c1C(C)C. The Labute approximate surface area is 96.2 Å². The Hall–Kier alpha value is -0.890. The first kappa shape index (κ1) is 12.2. The van der Waals surface area contributed by atoms with Crippen LogP contribution >= 0.6 is 11.6 Å². The highest BCUT2D eigenvalue weighted by atomic mass is 35.5. The van der Waals surface area contributed by atoms with E-state index >= 15 is 0 Å². The van der Waals surface area contributed by atoms with Crippen molar-refractivity contribution in [1.82, 2.24) is 0 Å². The van der Waals surface area contributed by atoms with Gasteiger partial charge in [-0.05, 0) is 23.6 Å². The first-order chi connectivity index (χ1) is 7.13. The minimum absolute atomic E-state index is 0.360. The lowest BCUT2D eigenvalue weighted by molar-refractivity contribution is 0.381. The van der Waals surface area contributed by atoms with Crippen molar-refractivity contribution in [2.75, 3.05) is 14.2 Å². The molecule has 0 amide bonds. The third kappa shape index (κ3) is 2.57. The molecule has 0 aliphatic carbocycles. The van der Waals surface area contributed by atoms with Crippen molar-refractivity contribution in [3.8, 4) is 11.5 Å². The van der Waals surface area contributed by atoms with E-state index in [2.05, 4.69) is 13.8 Å². The van der Waals surface area contributed by atoms with Crippen LogP contribution in [0.2, 0.25) is 0 Å². The Morgan fingerprint density at radius 1 is 1.13 bits per heavy atom. The van der Waals surface area contributed by atoms with E-state index in [9.17, 15) is 0 Å². The van der Waals surface area contributed by atoms with E-state index < -0.39 is 0 Å². The van der Waals surface area contributed by atoms with E-state index in [-0.39, 0.29) is 0 Å². The predicted molar refractivity (Wildman–Crippen MR) is 63.2 cm³/mol. The standard InChI is InChI=1S/C12H17ClO2/c1-8(2)12-10(14-3)5-9(7-13)6-11(12)15-4/h5-6,8H,7H2,1-4H3. The van der Waals surface area contributed by atoms with Gasteiger partial charge >= 0.3 is 0 Å². The van der Waals surface area contributed by atoms with Crippen LogP contribution in [0.3, 0.4) is 0 Å². The Bertz CT molecular complexity index is 309. The van der Waals surface area contributed by atoms with E-state index in [1.54, 1.807) is 14.2 Å². The van der Waals surface area contributed by atoms with Crippen LogP contribution in [-0.2, 0) is 5.88 Å². The summed E-state index contributed by atoms with van der Waals surface area (Å²) in [5.41, 5.74) is 2.10. The van der Waals surface area contributed by atoms with E-state index in [0.29, 0.717) is 11.8 Å². The average Bonchev–Trinajstić information content (AvgIpc) is 2.26. The summed E-state index contributed by atoms with van der Waals surface area (Å²) in [7, 11) is 3.33. The van der Waals surface area contributed by atoms with Crippen molar-refractivity contribution < 1.29 is 9.47 Å². The third-order valence-corrected chi connectivity index (χ3v) is 2.64. The molecule has 0 N–H and O–H groups in total. The van der Waals surface area contributed by atoms with Gasteiger partial charge in [-0.25, -0.2) is 0 Å². The lowest BCUT2D eigenvalue weighted by Gasteiger charge is -2.17. The molecule has 1 rings (SSSR count). The van der Waals surface area contributed by atoms with Crippen LogP contribution in [0, 0.1) is 0 Å². The molecule has 0 saturated carbocycles. The maximum atomic E-state index is 5.81. The molecule has 0 aliphatic heterocycles. The van der Waals surface area contributed by atoms with Crippen LogP contribution in [0.15, 0.2) is 12.1 Å². The number of rotatable bonds is 4. The predicted octanol–water partition coefficient (Wildman–Crippen LogP) is 3.57. The monoisotopic (exact) mass is 228 g/mol. The fourth-order valence-corrected chi connectivity index (χ4v) is 1.79. The minimum Gasteiger partial charge on any atom is -0.496 e. The molecular formula is C12H17ClO2. The van der Waals surface area contributed by atoms with Gasteiger partial charge in [0.1, 0.15) is 11.5 Å². The van der Waals surface area contributed by atoms with Crippen LogP contribution in [0.5, 0.6) is 11.5 Å². The number of ether oxygens (including phenoxy) is 2. The summed E-state index contributed by atoms with van der Waals surface area (Å²) in [6.45, 7) is 4.22. The first-order valence-corrected chi connectivity index (χ1v) is 5.48. The van der Waals surface area contributed by atoms with E-state index in [1.165, 1.54) is 0 Å². The second-order valence-corrected chi connectivity index (χ2v) is 3.97. The Morgan fingerprint density at radius 3 is 1.87 bits per heavy atom. The molecule has 0 aromatic heterocycles. The van der Waals surface area contributed by atoms with Crippen molar-refractivity contribution in [3.63, 3.8) is 0 Å². The molecule has 15 heavy (non-hydrogen) atoms. The van der Waals surface area contributed by atoms with E-state index in [4.69, 9.17) is 21.1 Å². The highest BCUT2D eigenvalue weighted by molar-refractivity contribution is 6.17. The van der Waals surface area contributed by atoms with Crippen molar-refractivity contribution in [1.29, 1.82) is 0 Å². The maximum Gasteiger partial charge on any atom is 0.126 e. The minimum atomic E-state index is 0.360. The van der Waals surface area contributed by atoms with Crippen LogP contribution in [0.4, 0.5) is 0 Å². The number of hydrogen-bond acceptors (Lipinski definition) is 2. The summed E-state index contributed by atoms with van der Waals surface area (Å²) < 4.78 is 10.7. The molecule has 0 heterocycles. The van der Waals surface area contributed by atoms with Crippen molar-refractivity contribution in [2.24, 2.45) is 0 Å². The van der Waals surface area contributed by atoms with Crippen LogP contribution in [-0.4, -0.2) is 14.2 Å². The highest BCUT2D eigenvalue weighted by Crippen LogP contribution is 2.36.